The highest BCUT2D eigenvalue weighted by Crippen LogP contribution is 2.35. The molecule has 1 amide bonds. The molecule has 1 aromatic carbocycles. The molecule has 0 N–H and O–H groups in total. The normalized spacial score (nSPS) is 21.7. The van der Waals surface area contributed by atoms with Gasteiger partial charge in [-0.3, -0.25) is 4.79 Å². The number of nitrogens with zero attached hydrogens (tertiary/aromatic N) is 1. The Labute approximate surface area is 127 Å². The summed E-state index contributed by atoms with van der Waals surface area (Å²) in [7, 11) is 0. The molecule has 0 spiro atoms. The maximum Gasteiger partial charge on any atom is 0.573 e. The third-order valence-corrected chi connectivity index (χ3v) is 3.81. The van der Waals surface area contributed by atoms with Crippen molar-refractivity contribution in [2.24, 2.45) is 5.41 Å². The smallest absolute Gasteiger partial charge is 0.406 e. The molecular formula is C16H18F3NO2. The van der Waals surface area contributed by atoms with Crippen molar-refractivity contribution < 1.29 is 22.7 Å². The number of alkyl halides is 3. The van der Waals surface area contributed by atoms with Gasteiger partial charge in [-0.05, 0) is 42.0 Å². The molecule has 1 heterocycles. The number of carbonyl (C=O) groups excluding carboxylic acids is 1. The largest absolute Gasteiger partial charge is 0.573 e. The van der Waals surface area contributed by atoms with Crippen molar-refractivity contribution in [2.45, 2.75) is 26.1 Å². The third kappa shape index (κ3) is 4.26. The number of carbonyl (C=O) groups is 1. The fraction of sp³-hybridized carbons (Fsp3) is 0.438. The van der Waals surface area contributed by atoms with Gasteiger partial charge in [-0.2, -0.15) is 0 Å². The summed E-state index contributed by atoms with van der Waals surface area (Å²) in [4.78, 5) is 13.3. The molecule has 2 rings (SSSR count). The van der Waals surface area contributed by atoms with E-state index in [0.717, 1.165) is 12.0 Å². The van der Waals surface area contributed by atoms with Gasteiger partial charge in [0.05, 0.1) is 0 Å². The zero-order valence-corrected chi connectivity index (χ0v) is 12.3. The Morgan fingerprint density at radius 3 is 2.86 bits per heavy atom. The maximum absolute atomic E-state index is 12.3. The molecule has 0 radical (unpaired) electrons. The van der Waals surface area contributed by atoms with Crippen LogP contribution >= 0.6 is 0 Å². The topological polar surface area (TPSA) is 29.5 Å². The Morgan fingerprint density at radius 2 is 2.23 bits per heavy atom. The van der Waals surface area contributed by atoms with Gasteiger partial charge >= 0.3 is 6.36 Å². The second kappa shape index (κ2) is 6.02. The molecule has 0 aliphatic carbocycles. The van der Waals surface area contributed by atoms with Crippen LogP contribution in [-0.4, -0.2) is 30.3 Å². The first-order chi connectivity index (χ1) is 10.2. The van der Waals surface area contributed by atoms with E-state index in [1.54, 1.807) is 17.0 Å². The number of rotatable bonds is 4. The van der Waals surface area contributed by atoms with Crippen molar-refractivity contribution in [1.82, 2.24) is 4.90 Å². The van der Waals surface area contributed by atoms with E-state index in [1.807, 2.05) is 6.92 Å². The average Bonchev–Trinajstić information content (AvgIpc) is 2.78. The van der Waals surface area contributed by atoms with E-state index in [0.29, 0.717) is 19.5 Å². The number of amides is 1. The van der Waals surface area contributed by atoms with Crippen LogP contribution < -0.4 is 4.74 Å². The maximum atomic E-state index is 12.3. The average molecular weight is 313 g/mol. The van der Waals surface area contributed by atoms with Crippen molar-refractivity contribution in [3.05, 3.63) is 42.5 Å². The van der Waals surface area contributed by atoms with Crippen LogP contribution in [0.5, 0.6) is 5.75 Å². The molecule has 120 valence electrons. The number of ether oxygens (including phenoxy) is 1. The number of benzene rings is 1. The van der Waals surface area contributed by atoms with Gasteiger partial charge in [0.2, 0.25) is 5.91 Å². The minimum atomic E-state index is -4.69. The molecule has 22 heavy (non-hydrogen) atoms. The Bertz CT molecular complexity index is 571. The summed E-state index contributed by atoms with van der Waals surface area (Å²) >= 11 is 0. The lowest BCUT2D eigenvalue weighted by Gasteiger charge is -2.24. The van der Waals surface area contributed by atoms with Crippen LogP contribution in [0, 0.1) is 5.41 Å². The van der Waals surface area contributed by atoms with Crippen LogP contribution in [-0.2, 0) is 11.2 Å². The first-order valence-electron chi connectivity index (χ1n) is 6.97. The Kier molecular flexibility index (Phi) is 4.49. The summed E-state index contributed by atoms with van der Waals surface area (Å²) in [5.41, 5.74) is 0.604. The predicted molar refractivity (Wildman–Crippen MR) is 76.3 cm³/mol. The minimum absolute atomic E-state index is 0.113. The van der Waals surface area contributed by atoms with Gasteiger partial charge in [0.1, 0.15) is 5.75 Å². The second-order valence-electron chi connectivity index (χ2n) is 5.90. The van der Waals surface area contributed by atoms with Crippen LogP contribution in [0.25, 0.3) is 0 Å². The summed E-state index contributed by atoms with van der Waals surface area (Å²) in [6.07, 6.45) is -2.02. The molecule has 0 aromatic heterocycles. The molecule has 0 saturated carbocycles. The summed E-state index contributed by atoms with van der Waals surface area (Å²) in [6.45, 7) is 6.71. The Hall–Kier alpha value is -1.98. The molecule has 3 nitrogen and oxygen atoms in total. The lowest BCUT2D eigenvalue weighted by molar-refractivity contribution is -0.274. The Morgan fingerprint density at radius 1 is 1.50 bits per heavy atom. The molecule has 1 fully saturated rings. The van der Waals surface area contributed by atoms with E-state index in [9.17, 15) is 18.0 Å². The van der Waals surface area contributed by atoms with Gasteiger partial charge in [-0.1, -0.05) is 25.6 Å². The van der Waals surface area contributed by atoms with Gasteiger partial charge in [0, 0.05) is 13.1 Å². The van der Waals surface area contributed by atoms with E-state index < -0.39 is 6.36 Å². The molecule has 0 bridgehead atoms. The van der Waals surface area contributed by atoms with Crippen LogP contribution in [0.3, 0.4) is 0 Å². The van der Waals surface area contributed by atoms with E-state index >= 15 is 0 Å². The zero-order chi connectivity index (χ0) is 16.4. The SMILES string of the molecule is C=CC(=O)N1CCC(C)(Cc2cccc(OC(F)(F)F)c2)C1. The lowest BCUT2D eigenvalue weighted by atomic mass is 9.83. The minimum Gasteiger partial charge on any atom is -0.406 e. The fourth-order valence-corrected chi connectivity index (χ4v) is 2.83. The molecule has 1 aromatic rings. The van der Waals surface area contributed by atoms with Gasteiger partial charge in [-0.25, -0.2) is 0 Å². The third-order valence-electron chi connectivity index (χ3n) is 3.81. The highest BCUT2D eigenvalue weighted by Gasteiger charge is 2.36. The zero-order valence-electron chi connectivity index (χ0n) is 12.3. The van der Waals surface area contributed by atoms with Crippen LogP contribution in [0.2, 0.25) is 0 Å². The summed E-state index contributed by atoms with van der Waals surface area (Å²) < 4.78 is 40.7. The van der Waals surface area contributed by atoms with Crippen LogP contribution in [0.1, 0.15) is 18.9 Å². The fourth-order valence-electron chi connectivity index (χ4n) is 2.83. The van der Waals surface area contributed by atoms with Crippen molar-refractivity contribution in [2.75, 3.05) is 13.1 Å². The van der Waals surface area contributed by atoms with Gasteiger partial charge in [0.15, 0.2) is 0 Å². The molecule has 1 saturated heterocycles. The lowest BCUT2D eigenvalue weighted by Crippen LogP contribution is -2.30. The molecule has 1 unspecified atom stereocenters. The number of halogens is 3. The second-order valence-corrected chi connectivity index (χ2v) is 5.90. The Balaban J connectivity index is 2.06. The summed E-state index contributed by atoms with van der Waals surface area (Å²) in [6, 6.07) is 5.99. The standard InChI is InChI=1S/C16H18F3NO2/c1-3-14(21)20-8-7-15(2,11-20)10-12-5-4-6-13(9-12)22-16(17,18)19/h3-6,9H,1,7-8,10-11H2,2H3. The predicted octanol–water partition coefficient (Wildman–Crippen LogP) is 3.55. The highest BCUT2D eigenvalue weighted by atomic mass is 19.4. The van der Waals surface area contributed by atoms with E-state index in [1.165, 1.54) is 18.2 Å². The first kappa shape index (κ1) is 16.4. The molecule has 1 aliphatic heterocycles. The summed E-state index contributed by atoms with van der Waals surface area (Å²) in [5.74, 6) is -0.330. The molecular weight excluding hydrogens is 295 g/mol. The molecule has 1 aliphatic rings. The van der Waals surface area contributed by atoms with Crippen molar-refractivity contribution in [3.63, 3.8) is 0 Å². The van der Waals surface area contributed by atoms with Gasteiger partial charge in [0.25, 0.3) is 0 Å². The quantitative estimate of drug-likeness (QED) is 0.796. The first-order valence-corrected chi connectivity index (χ1v) is 6.97. The number of hydrogen-bond donors (Lipinski definition) is 0. The monoisotopic (exact) mass is 313 g/mol. The summed E-state index contributed by atoms with van der Waals surface area (Å²) in [5, 5.41) is 0. The van der Waals surface area contributed by atoms with E-state index in [-0.39, 0.29) is 17.1 Å². The van der Waals surface area contributed by atoms with Crippen LogP contribution in [0.15, 0.2) is 36.9 Å². The van der Waals surface area contributed by atoms with Crippen molar-refractivity contribution in [1.29, 1.82) is 0 Å². The molecule has 1 atom stereocenters. The number of likely N-dealkylation sites (tertiary alicyclic amines) is 1. The van der Waals surface area contributed by atoms with E-state index in [4.69, 9.17) is 0 Å². The molecule has 6 heteroatoms. The van der Waals surface area contributed by atoms with Crippen LogP contribution in [0.4, 0.5) is 13.2 Å². The van der Waals surface area contributed by atoms with Gasteiger partial charge in [-0.15, -0.1) is 13.2 Å². The highest BCUT2D eigenvalue weighted by molar-refractivity contribution is 5.87. The van der Waals surface area contributed by atoms with E-state index in [2.05, 4.69) is 11.3 Å². The van der Waals surface area contributed by atoms with Gasteiger partial charge < -0.3 is 9.64 Å². The van der Waals surface area contributed by atoms with Crippen molar-refractivity contribution >= 4 is 5.91 Å². The van der Waals surface area contributed by atoms with Crippen molar-refractivity contribution in [3.8, 4) is 5.75 Å². The number of hydrogen-bond acceptors (Lipinski definition) is 2.